The number of amides is 2. The van der Waals surface area contributed by atoms with Crippen LogP contribution >= 0.6 is 22.7 Å². The second-order valence-electron chi connectivity index (χ2n) is 9.74. The Balaban J connectivity index is 1.21. The fourth-order valence-electron chi connectivity index (χ4n) is 5.32. The van der Waals surface area contributed by atoms with E-state index in [0.29, 0.717) is 18.2 Å². The first-order valence-electron chi connectivity index (χ1n) is 13.0. The van der Waals surface area contributed by atoms with Crippen molar-refractivity contribution in [2.45, 2.75) is 57.5 Å². The van der Waals surface area contributed by atoms with Gasteiger partial charge in [-0.15, -0.1) is 22.7 Å². The number of hydrogen-bond donors (Lipinski definition) is 1. The predicted octanol–water partition coefficient (Wildman–Crippen LogP) is 4.94. The van der Waals surface area contributed by atoms with Gasteiger partial charge < -0.3 is 15.0 Å². The lowest BCUT2D eigenvalue weighted by Gasteiger charge is -2.30. The lowest BCUT2D eigenvalue weighted by Crippen LogP contribution is -2.42. The van der Waals surface area contributed by atoms with Crippen molar-refractivity contribution in [3.63, 3.8) is 0 Å². The molecular formula is C28H34N4O3S2. The van der Waals surface area contributed by atoms with E-state index in [2.05, 4.69) is 22.3 Å². The average Bonchev–Trinajstić information content (AvgIpc) is 3.65. The van der Waals surface area contributed by atoms with Gasteiger partial charge in [-0.1, -0.05) is 24.3 Å². The zero-order chi connectivity index (χ0) is 25.8. The topological polar surface area (TPSA) is 74.8 Å². The highest BCUT2D eigenvalue weighted by molar-refractivity contribution is 7.16. The molecule has 37 heavy (non-hydrogen) atoms. The van der Waals surface area contributed by atoms with Gasteiger partial charge in [0.2, 0.25) is 11.8 Å². The number of anilines is 1. The van der Waals surface area contributed by atoms with Crippen LogP contribution in [0.3, 0.4) is 0 Å². The van der Waals surface area contributed by atoms with Crippen molar-refractivity contribution in [3.05, 3.63) is 62.8 Å². The number of carbonyl (C=O) groups excluding carboxylic acids is 2. The van der Waals surface area contributed by atoms with Crippen LogP contribution in [-0.2, 0) is 29.0 Å². The van der Waals surface area contributed by atoms with E-state index in [1.807, 2.05) is 48.5 Å². The van der Waals surface area contributed by atoms with Crippen molar-refractivity contribution < 1.29 is 14.3 Å². The third-order valence-corrected chi connectivity index (χ3v) is 9.15. The second kappa shape index (κ2) is 11.8. The van der Waals surface area contributed by atoms with Crippen LogP contribution < -0.4 is 10.1 Å². The number of rotatable bonds is 9. The summed E-state index contributed by atoms with van der Waals surface area (Å²) in [6.07, 6.45) is 3.99. The fourth-order valence-corrected chi connectivity index (χ4v) is 7.10. The van der Waals surface area contributed by atoms with Crippen molar-refractivity contribution >= 4 is 39.6 Å². The third-order valence-electron chi connectivity index (χ3n) is 7.22. The molecule has 9 heteroatoms. The van der Waals surface area contributed by atoms with E-state index in [0.717, 1.165) is 66.5 Å². The summed E-state index contributed by atoms with van der Waals surface area (Å²) >= 11 is 3.09. The highest BCUT2D eigenvalue weighted by Crippen LogP contribution is 2.38. The SMILES string of the molecule is CCOc1ccccc1CN1CCC(N(C)C(=O)C2CCCc3sc(NC(=O)Cc4cccs4)nc32)C1. The average molecular weight is 539 g/mol. The van der Waals surface area contributed by atoms with Crippen molar-refractivity contribution in [1.29, 1.82) is 0 Å². The minimum atomic E-state index is -0.235. The molecule has 1 aliphatic carbocycles. The standard InChI is InChI=1S/C28H34N4O3S2/c1-3-35-23-11-5-4-8-19(23)17-32-14-13-20(18-32)31(2)27(34)22-10-6-12-24-26(22)30-28(37-24)29-25(33)16-21-9-7-15-36-21/h4-5,7-9,11,15,20,22H,3,6,10,12-14,16-18H2,1-2H3,(H,29,30,33). The summed E-state index contributed by atoms with van der Waals surface area (Å²) in [6.45, 7) is 5.28. The molecule has 1 aromatic carbocycles. The van der Waals surface area contributed by atoms with Crippen molar-refractivity contribution in [2.75, 3.05) is 32.1 Å². The summed E-state index contributed by atoms with van der Waals surface area (Å²) in [5.41, 5.74) is 2.05. The van der Waals surface area contributed by atoms with E-state index in [1.54, 1.807) is 11.3 Å². The molecule has 0 saturated carbocycles. The number of benzene rings is 1. The highest BCUT2D eigenvalue weighted by atomic mass is 32.1. The first-order chi connectivity index (χ1) is 18.0. The van der Waals surface area contributed by atoms with Crippen LogP contribution in [0.5, 0.6) is 5.75 Å². The minimum absolute atomic E-state index is 0.0644. The minimum Gasteiger partial charge on any atom is -0.494 e. The number of aromatic nitrogens is 1. The zero-order valence-corrected chi connectivity index (χ0v) is 23.1. The molecule has 0 bridgehead atoms. The maximum Gasteiger partial charge on any atom is 0.231 e. The van der Waals surface area contributed by atoms with Crippen LogP contribution in [0, 0.1) is 0 Å². The van der Waals surface area contributed by atoms with Gasteiger partial charge in [0.25, 0.3) is 0 Å². The molecule has 2 amide bonds. The lowest BCUT2D eigenvalue weighted by atomic mass is 9.89. The molecule has 1 aliphatic heterocycles. The van der Waals surface area contributed by atoms with E-state index in [1.165, 1.54) is 16.9 Å². The van der Waals surface area contributed by atoms with Crippen molar-refractivity contribution in [2.24, 2.45) is 0 Å². The summed E-state index contributed by atoms with van der Waals surface area (Å²) < 4.78 is 5.80. The molecule has 1 N–H and O–H groups in total. The van der Waals surface area contributed by atoms with E-state index in [4.69, 9.17) is 9.72 Å². The summed E-state index contributed by atoms with van der Waals surface area (Å²) in [5, 5.41) is 5.54. The normalized spacial score (nSPS) is 19.4. The van der Waals surface area contributed by atoms with Gasteiger partial charge in [0.15, 0.2) is 5.13 Å². The van der Waals surface area contributed by atoms with Crippen LogP contribution in [-0.4, -0.2) is 59.4 Å². The summed E-state index contributed by atoms with van der Waals surface area (Å²) in [4.78, 5) is 37.4. The Morgan fingerprint density at radius 2 is 2.08 bits per heavy atom. The van der Waals surface area contributed by atoms with Crippen LogP contribution in [0.25, 0.3) is 0 Å². The van der Waals surface area contributed by atoms with Gasteiger partial charge in [0.1, 0.15) is 5.75 Å². The summed E-state index contributed by atoms with van der Waals surface area (Å²) in [6, 6.07) is 12.3. The molecule has 2 aromatic heterocycles. The maximum absolute atomic E-state index is 13.7. The molecule has 7 nitrogen and oxygen atoms in total. The van der Waals surface area contributed by atoms with E-state index < -0.39 is 0 Å². The Labute approximate surface area is 226 Å². The first kappa shape index (κ1) is 25.9. The molecule has 2 unspecified atom stereocenters. The second-order valence-corrected chi connectivity index (χ2v) is 11.9. The molecule has 3 aromatic rings. The number of thiazole rings is 1. The molecule has 5 rings (SSSR count). The van der Waals surface area contributed by atoms with Crippen LogP contribution in [0.15, 0.2) is 41.8 Å². The molecule has 0 spiro atoms. The number of aryl methyl sites for hydroxylation is 1. The molecule has 2 aliphatic rings. The number of para-hydroxylation sites is 1. The smallest absolute Gasteiger partial charge is 0.231 e. The van der Waals surface area contributed by atoms with Gasteiger partial charge in [-0.05, 0) is 50.1 Å². The molecule has 3 heterocycles. The monoisotopic (exact) mass is 538 g/mol. The number of ether oxygens (including phenoxy) is 1. The maximum atomic E-state index is 13.7. The highest BCUT2D eigenvalue weighted by Gasteiger charge is 2.36. The van der Waals surface area contributed by atoms with Crippen LogP contribution in [0.4, 0.5) is 5.13 Å². The van der Waals surface area contributed by atoms with Gasteiger partial charge >= 0.3 is 0 Å². The molecule has 196 valence electrons. The Morgan fingerprint density at radius 1 is 1.22 bits per heavy atom. The molecule has 2 atom stereocenters. The third kappa shape index (κ3) is 6.05. The quantitative estimate of drug-likeness (QED) is 0.418. The Bertz CT molecular complexity index is 1230. The number of hydrogen-bond acceptors (Lipinski definition) is 7. The van der Waals surface area contributed by atoms with Crippen LogP contribution in [0.1, 0.15) is 53.1 Å². The van der Waals surface area contributed by atoms with Gasteiger partial charge in [0.05, 0.1) is 24.6 Å². The Hall–Kier alpha value is -2.75. The predicted molar refractivity (Wildman–Crippen MR) is 149 cm³/mol. The summed E-state index contributed by atoms with van der Waals surface area (Å²) in [7, 11) is 1.94. The Morgan fingerprint density at radius 3 is 2.89 bits per heavy atom. The van der Waals surface area contributed by atoms with Crippen molar-refractivity contribution in [3.8, 4) is 5.75 Å². The fraction of sp³-hybridized carbons (Fsp3) is 0.464. The number of nitrogens with one attached hydrogen (secondary N) is 1. The lowest BCUT2D eigenvalue weighted by molar-refractivity contribution is -0.133. The summed E-state index contributed by atoms with van der Waals surface area (Å²) in [5.74, 6) is 0.782. The molecular weight excluding hydrogens is 504 g/mol. The van der Waals surface area contributed by atoms with Gasteiger partial charge in [-0.2, -0.15) is 0 Å². The van der Waals surface area contributed by atoms with E-state index in [9.17, 15) is 9.59 Å². The Kier molecular flexibility index (Phi) is 8.22. The van der Waals surface area contributed by atoms with Crippen molar-refractivity contribution in [1.82, 2.24) is 14.8 Å². The molecule has 1 saturated heterocycles. The number of likely N-dealkylation sites (tertiary alicyclic amines) is 1. The largest absolute Gasteiger partial charge is 0.494 e. The van der Waals surface area contributed by atoms with Gasteiger partial charge in [0, 0.05) is 48.0 Å². The number of thiophene rings is 1. The number of likely N-dealkylation sites (N-methyl/N-ethyl adjacent to an activating group) is 1. The van der Waals surface area contributed by atoms with Gasteiger partial charge in [-0.25, -0.2) is 4.98 Å². The molecule has 1 fully saturated rings. The molecule has 0 radical (unpaired) electrons. The zero-order valence-electron chi connectivity index (χ0n) is 21.4. The number of carbonyl (C=O) groups is 2. The van der Waals surface area contributed by atoms with Gasteiger partial charge in [-0.3, -0.25) is 14.5 Å². The van der Waals surface area contributed by atoms with E-state index >= 15 is 0 Å². The first-order valence-corrected chi connectivity index (χ1v) is 14.7. The number of fused-ring (bicyclic) bond motifs is 1. The van der Waals surface area contributed by atoms with E-state index in [-0.39, 0.29) is 23.8 Å². The van der Waals surface area contributed by atoms with Crippen LogP contribution in [0.2, 0.25) is 0 Å². The number of nitrogens with zero attached hydrogens (tertiary/aromatic N) is 3.